The lowest BCUT2D eigenvalue weighted by molar-refractivity contribution is 0.461. The van der Waals surface area contributed by atoms with Gasteiger partial charge in [0.15, 0.2) is 0 Å². The Balaban J connectivity index is 2.07. The zero-order valence-electron chi connectivity index (χ0n) is 10.2. The van der Waals surface area contributed by atoms with Crippen LogP contribution in [-0.4, -0.2) is 15.4 Å². The lowest BCUT2D eigenvalue weighted by Gasteiger charge is -2.12. The summed E-state index contributed by atoms with van der Waals surface area (Å²) < 4.78 is 5.52. The van der Waals surface area contributed by atoms with E-state index >= 15 is 0 Å². The van der Waals surface area contributed by atoms with Gasteiger partial charge in [0.05, 0.1) is 0 Å². The molecule has 0 amide bonds. The highest BCUT2D eigenvalue weighted by molar-refractivity contribution is 5.31. The number of hydrogen-bond acceptors (Lipinski definition) is 3. The predicted octanol–water partition coefficient (Wildman–Crippen LogP) is 3.50. The molecule has 0 atom stereocenters. The van der Waals surface area contributed by atoms with Crippen molar-refractivity contribution < 1.29 is 4.74 Å². The van der Waals surface area contributed by atoms with Crippen LogP contribution in [-0.2, 0) is 0 Å². The molecule has 4 nitrogen and oxygen atoms in total. The van der Waals surface area contributed by atoms with E-state index in [1.54, 1.807) is 6.20 Å². The number of hydrogen-bond donors (Lipinski definition) is 1. The summed E-state index contributed by atoms with van der Waals surface area (Å²) in [6, 6.07) is 8.19. The predicted molar refractivity (Wildman–Crippen MR) is 66.2 cm³/mol. The average molecular weight is 231 g/mol. The van der Waals surface area contributed by atoms with Gasteiger partial charge in [-0.15, -0.1) is 5.10 Å². The van der Waals surface area contributed by atoms with E-state index in [0.29, 0.717) is 11.8 Å². The van der Waals surface area contributed by atoms with Crippen LogP contribution in [0.5, 0.6) is 11.6 Å². The van der Waals surface area contributed by atoms with Gasteiger partial charge >= 0.3 is 0 Å². The molecule has 0 aliphatic carbocycles. The van der Waals surface area contributed by atoms with Crippen LogP contribution in [0.25, 0.3) is 0 Å². The molecule has 0 radical (unpaired) electrons. The summed E-state index contributed by atoms with van der Waals surface area (Å²) in [4.78, 5) is 0. The molecule has 0 saturated heterocycles. The van der Waals surface area contributed by atoms with Crippen molar-refractivity contribution in [3.63, 3.8) is 0 Å². The van der Waals surface area contributed by atoms with Gasteiger partial charge in [-0.05, 0) is 36.5 Å². The van der Waals surface area contributed by atoms with Crippen molar-refractivity contribution in [1.82, 2.24) is 15.4 Å². The largest absolute Gasteiger partial charge is 0.436 e. The molecule has 0 fully saturated rings. The molecule has 1 aromatic carbocycles. The van der Waals surface area contributed by atoms with Gasteiger partial charge < -0.3 is 4.74 Å². The third kappa shape index (κ3) is 2.84. The van der Waals surface area contributed by atoms with Crippen LogP contribution in [0, 0.1) is 0 Å². The quantitative estimate of drug-likeness (QED) is 0.856. The number of benzene rings is 1. The molecule has 0 spiro atoms. The van der Waals surface area contributed by atoms with Gasteiger partial charge in [0.1, 0.15) is 11.9 Å². The van der Waals surface area contributed by atoms with E-state index in [-0.39, 0.29) is 0 Å². The molecular weight excluding hydrogens is 214 g/mol. The van der Waals surface area contributed by atoms with E-state index < -0.39 is 0 Å². The van der Waals surface area contributed by atoms with E-state index in [0.717, 1.165) is 5.75 Å². The van der Waals surface area contributed by atoms with Gasteiger partial charge in [-0.2, -0.15) is 10.3 Å². The van der Waals surface area contributed by atoms with Crippen molar-refractivity contribution in [3.05, 3.63) is 36.0 Å². The third-order valence-electron chi connectivity index (χ3n) is 2.95. The maximum absolute atomic E-state index is 5.52. The molecule has 2 rings (SSSR count). The first kappa shape index (κ1) is 11.6. The van der Waals surface area contributed by atoms with Gasteiger partial charge in [-0.3, -0.25) is 0 Å². The molecule has 2 aromatic rings. The second-order valence-corrected chi connectivity index (χ2v) is 3.99. The summed E-state index contributed by atoms with van der Waals surface area (Å²) in [5, 5.41) is 10.0. The molecule has 0 aliphatic rings. The second kappa shape index (κ2) is 5.48. The molecule has 1 N–H and O–H groups in total. The third-order valence-corrected chi connectivity index (χ3v) is 2.95. The standard InChI is InChI=1S/C13H17N3O/c1-3-10(4-2)11-5-7-12(8-6-11)17-13-9-14-16-15-13/h5-10H,3-4H2,1-2H3,(H,14,15,16). The van der Waals surface area contributed by atoms with Crippen molar-refractivity contribution in [3.8, 4) is 11.6 Å². The summed E-state index contributed by atoms with van der Waals surface area (Å²) in [6.45, 7) is 4.43. The lowest BCUT2D eigenvalue weighted by Crippen LogP contribution is -1.95. The number of aromatic amines is 1. The Morgan fingerprint density at radius 2 is 1.88 bits per heavy atom. The van der Waals surface area contributed by atoms with Crippen molar-refractivity contribution in [2.45, 2.75) is 32.6 Å². The average Bonchev–Trinajstić information content (AvgIpc) is 2.86. The second-order valence-electron chi connectivity index (χ2n) is 3.99. The molecule has 1 heterocycles. The minimum Gasteiger partial charge on any atom is -0.436 e. The number of nitrogens with zero attached hydrogens (tertiary/aromatic N) is 2. The first-order valence-corrected chi connectivity index (χ1v) is 5.97. The molecule has 17 heavy (non-hydrogen) atoms. The first-order chi connectivity index (χ1) is 8.33. The molecule has 0 aliphatic heterocycles. The minimum atomic E-state index is 0.486. The molecule has 4 heteroatoms. The Morgan fingerprint density at radius 3 is 2.41 bits per heavy atom. The molecular formula is C13H17N3O. The van der Waals surface area contributed by atoms with E-state index in [1.165, 1.54) is 18.4 Å². The topological polar surface area (TPSA) is 50.8 Å². The molecule has 90 valence electrons. The maximum Gasteiger partial charge on any atom is 0.258 e. The number of aromatic nitrogens is 3. The SMILES string of the molecule is CCC(CC)c1ccc(Oc2cn[nH]n2)cc1. The zero-order valence-corrected chi connectivity index (χ0v) is 10.2. The number of rotatable bonds is 5. The highest BCUT2D eigenvalue weighted by Gasteiger charge is 2.07. The van der Waals surface area contributed by atoms with Crippen molar-refractivity contribution in [1.29, 1.82) is 0 Å². The Hall–Kier alpha value is -1.84. The van der Waals surface area contributed by atoms with Crippen molar-refractivity contribution in [2.75, 3.05) is 0 Å². The Kier molecular flexibility index (Phi) is 3.75. The van der Waals surface area contributed by atoms with Crippen LogP contribution in [0.4, 0.5) is 0 Å². The lowest BCUT2D eigenvalue weighted by atomic mass is 9.94. The van der Waals surface area contributed by atoms with Crippen LogP contribution >= 0.6 is 0 Å². The van der Waals surface area contributed by atoms with Crippen LogP contribution in [0.2, 0.25) is 0 Å². The highest BCUT2D eigenvalue weighted by Crippen LogP contribution is 2.26. The van der Waals surface area contributed by atoms with Gasteiger partial charge in [-0.25, -0.2) is 0 Å². The van der Waals surface area contributed by atoms with Crippen LogP contribution in [0.15, 0.2) is 30.5 Å². The Labute approximate surface area is 101 Å². The Bertz CT molecular complexity index is 432. The summed E-state index contributed by atoms with van der Waals surface area (Å²) in [5.41, 5.74) is 1.36. The number of ether oxygens (including phenoxy) is 1. The fraction of sp³-hybridized carbons (Fsp3) is 0.385. The van der Waals surface area contributed by atoms with Gasteiger partial charge in [-0.1, -0.05) is 26.0 Å². The van der Waals surface area contributed by atoms with E-state index in [4.69, 9.17) is 4.74 Å². The first-order valence-electron chi connectivity index (χ1n) is 5.97. The number of nitrogens with one attached hydrogen (secondary N) is 1. The normalized spacial score (nSPS) is 10.8. The summed E-state index contributed by atoms with van der Waals surface area (Å²) in [7, 11) is 0. The Morgan fingerprint density at radius 1 is 1.18 bits per heavy atom. The van der Waals surface area contributed by atoms with E-state index in [2.05, 4.69) is 41.4 Å². The van der Waals surface area contributed by atoms with Gasteiger partial charge in [0, 0.05) is 0 Å². The highest BCUT2D eigenvalue weighted by atomic mass is 16.5. The zero-order chi connectivity index (χ0) is 12.1. The smallest absolute Gasteiger partial charge is 0.258 e. The fourth-order valence-corrected chi connectivity index (χ4v) is 1.93. The monoisotopic (exact) mass is 231 g/mol. The summed E-state index contributed by atoms with van der Waals surface area (Å²) in [5.74, 6) is 1.91. The summed E-state index contributed by atoms with van der Waals surface area (Å²) in [6.07, 6.45) is 3.88. The van der Waals surface area contributed by atoms with Crippen LogP contribution in [0.1, 0.15) is 38.2 Å². The molecule has 0 saturated carbocycles. The molecule has 0 bridgehead atoms. The summed E-state index contributed by atoms with van der Waals surface area (Å²) >= 11 is 0. The van der Waals surface area contributed by atoms with E-state index in [9.17, 15) is 0 Å². The van der Waals surface area contributed by atoms with Crippen molar-refractivity contribution >= 4 is 0 Å². The fourth-order valence-electron chi connectivity index (χ4n) is 1.93. The van der Waals surface area contributed by atoms with E-state index in [1.807, 2.05) is 12.1 Å². The molecule has 1 aromatic heterocycles. The maximum atomic E-state index is 5.52. The van der Waals surface area contributed by atoms with Crippen LogP contribution in [0.3, 0.4) is 0 Å². The van der Waals surface area contributed by atoms with Gasteiger partial charge in [0.25, 0.3) is 5.88 Å². The van der Waals surface area contributed by atoms with Crippen molar-refractivity contribution in [2.24, 2.45) is 0 Å². The number of H-pyrrole nitrogens is 1. The minimum absolute atomic E-state index is 0.486. The molecule has 0 unspecified atom stereocenters. The van der Waals surface area contributed by atoms with Gasteiger partial charge in [0.2, 0.25) is 0 Å². The van der Waals surface area contributed by atoms with Crippen LogP contribution < -0.4 is 4.74 Å².